The van der Waals surface area contributed by atoms with Gasteiger partial charge in [-0.15, -0.1) is 0 Å². The average molecular weight is 447 g/mol. The molecule has 0 aliphatic heterocycles. The van der Waals surface area contributed by atoms with Gasteiger partial charge in [-0.3, -0.25) is 0 Å². The van der Waals surface area contributed by atoms with Crippen LogP contribution < -0.4 is 4.74 Å². The number of rotatable bonds is 5. The Morgan fingerprint density at radius 1 is 1.18 bits per heavy atom. The van der Waals surface area contributed by atoms with Crippen molar-refractivity contribution in [1.82, 2.24) is 0 Å². The summed E-state index contributed by atoms with van der Waals surface area (Å²) in [5.74, 6) is -0.335. The Balaban J connectivity index is 2.14. The molecular weight excluding hydrogens is 435 g/mol. The van der Waals surface area contributed by atoms with Crippen LogP contribution in [0.4, 0.5) is 0 Å². The summed E-state index contributed by atoms with van der Waals surface area (Å²) in [4.78, 5) is 10.5. The maximum Gasteiger partial charge on any atom is 0.328 e. The van der Waals surface area contributed by atoms with E-state index < -0.39 is 5.97 Å². The molecule has 0 aliphatic rings. The minimum absolute atomic E-state index is 0.401. The molecule has 0 fully saturated rings. The summed E-state index contributed by atoms with van der Waals surface area (Å²) in [6, 6.07) is 11.0. The largest absolute Gasteiger partial charge is 0.487 e. The third-order valence-electron chi connectivity index (χ3n) is 2.74. The predicted molar refractivity (Wildman–Crippen MR) is 94.3 cm³/mol. The number of carboxylic acids is 1. The highest BCUT2D eigenvalue weighted by Gasteiger charge is 2.09. The lowest BCUT2D eigenvalue weighted by atomic mass is 10.2. The third kappa shape index (κ3) is 4.87. The first-order valence-corrected chi connectivity index (χ1v) is 8.19. The highest BCUT2D eigenvalue weighted by molar-refractivity contribution is 9.11. The van der Waals surface area contributed by atoms with Crippen LogP contribution in [0.15, 0.2) is 51.4 Å². The average Bonchev–Trinajstić information content (AvgIpc) is 2.46. The summed E-state index contributed by atoms with van der Waals surface area (Å²) in [7, 11) is 0. The second-order valence-corrected chi connectivity index (χ2v) is 6.55. The van der Waals surface area contributed by atoms with Gasteiger partial charge in [-0.25, -0.2) is 4.79 Å². The van der Waals surface area contributed by atoms with Crippen molar-refractivity contribution in [2.45, 2.75) is 6.61 Å². The molecule has 3 nitrogen and oxygen atoms in total. The van der Waals surface area contributed by atoms with Gasteiger partial charge in [0.15, 0.2) is 0 Å². The van der Waals surface area contributed by atoms with E-state index in [9.17, 15) is 4.79 Å². The van der Waals surface area contributed by atoms with E-state index in [0.29, 0.717) is 17.4 Å². The van der Waals surface area contributed by atoms with E-state index in [2.05, 4.69) is 31.9 Å². The number of benzene rings is 2. The van der Waals surface area contributed by atoms with Crippen molar-refractivity contribution in [3.05, 3.63) is 67.6 Å². The summed E-state index contributed by atoms with van der Waals surface area (Å²) in [6.07, 6.45) is 2.60. The molecule has 2 aromatic rings. The van der Waals surface area contributed by atoms with Gasteiger partial charge in [0.2, 0.25) is 0 Å². The molecule has 0 spiro atoms. The summed E-state index contributed by atoms with van der Waals surface area (Å²) in [6.45, 7) is 0.401. The summed E-state index contributed by atoms with van der Waals surface area (Å²) < 4.78 is 7.27. The minimum Gasteiger partial charge on any atom is -0.487 e. The number of carboxylic acid groups (broad SMARTS) is 1. The van der Waals surface area contributed by atoms with Gasteiger partial charge < -0.3 is 9.84 Å². The van der Waals surface area contributed by atoms with Crippen LogP contribution in [0.1, 0.15) is 11.1 Å². The van der Waals surface area contributed by atoms with Crippen LogP contribution in [0.5, 0.6) is 5.75 Å². The van der Waals surface area contributed by atoms with Gasteiger partial charge in [0.05, 0.1) is 8.95 Å². The number of hydrogen-bond acceptors (Lipinski definition) is 2. The topological polar surface area (TPSA) is 46.5 Å². The van der Waals surface area contributed by atoms with Gasteiger partial charge >= 0.3 is 5.97 Å². The smallest absolute Gasteiger partial charge is 0.328 e. The number of ether oxygens (including phenoxy) is 1. The van der Waals surface area contributed by atoms with Gasteiger partial charge in [0.1, 0.15) is 12.4 Å². The van der Waals surface area contributed by atoms with Crippen molar-refractivity contribution in [1.29, 1.82) is 0 Å². The Bertz CT molecular complexity index is 689. The van der Waals surface area contributed by atoms with E-state index in [0.717, 1.165) is 26.1 Å². The Labute approximate surface area is 149 Å². The highest BCUT2D eigenvalue weighted by Crippen LogP contribution is 2.35. The molecule has 22 heavy (non-hydrogen) atoms. The van der Waals surface area contributed by atoms with Crippen molar-refractivity contribution in [2.75, 3.05) is 0 Å². The maximum absolute atomic E-state index is 10.5. The molecule has 0 amide bonds. The Morgan fingerprint density at radius 2 is 1.77 bits per heavy atom. The minimum atomic E-state index is -0.990. The van der Waals surface area contributed by atoms with Crippen molar-refractivity contribution in [3.63, 3.8) is 0 Å². The molecule has 0 saturated carbocycles. The van der Waals surface area contributed by atoms with E-state index in [-0.39, 0.29) is 0 Å². The second-order valence-electron chi connectivity index (χ2n) is 4.40. The molecule has 114 valence electrons. The molecule has 0 atom stereocenters. The SMILES string of the molecule is O=C(O)C=Cc1cc(Br)c(OCc2ccc(Cl)cc2)c(Br)c1. The van der Waals surface area contributed by atoms with Crippen LogP contribution in [-0.2, 0) is 11.4 Å². The first-order valence-electron chi connectivity index (χ1n) is 6.23. The number of hydrogen-bond donors (Lipinski definition) is 1. The molecule has 2 aromatic carbocycles. The summed E-state index contributed by atoms with van der Waals surface area (Å²) in [5.41, 5.74) is 1.75. The van der Waals surface area contributed by atoms with Crippen molar-refractivity contribution in [3.8, 4) is 5.75 Å². The van der Waals surface area contributed by atoms with E-state index >= 15 is 0 Å². The van der Waals surface area contributed by atoms with Crippen LogP contribution >= 0.6 is 43.5 Å². The molecule has 6 heteroatoms. The Hall–Kier alpha value is -1.30. The normalized spacial score (nSPS) is 10.9. The van der Waals surface area contributed by atoms with Crippen LogP contribution in [0.3, 0.4) is 0 Å². The Morgan fingerprint density at radius 3 is 2.32 bits per heavy atom. The zero-order chi connectivity index (χ0) is 16.1. The van der Waals surface area contributed by atoms with Crippen molar-refractivity contribution < 1.29 is 14.6 Å². The first-order chi connectivity index (χ1) is 10.5. The molecule has 0 saturated heterocycles. The van der Waals surface area contributed by atoms with Crippen LogP contribution in [-0.4, -0.2) is 11.1 Å². The monoisotopic (exact) mass is 444 g/mol. The summed E-state index contributed by atoms with van der Waals surface area (Å²) >= 11 is 12.7. The van der Waals surface area contributed by atoms with Gasteiger partial charge in [-0.05, 0) is 73.3 Å². The van der Waals surface area contributed by atoms with Crippen molar-refractivity contribution >= 4 is 55.5 Å². The van der Waals surface area contributed by atoms with E-state index in [1.807, 2.05) is 24.3 Å². The second kappa shape index (κ2) is 7.81. The first kappa shape index (κ1) is 17.1. The molecule has 0 unspecified atom stereocenters. The van der Waals surface area contributed by atoms with E-state index in [1.54, 1.807) is 12.1 Å². The zero-order valence-corrected chi connectivity index (χ0v) is 15.2. The molecule has 0 bridgehead atoms. The zero-order valence-electron chi connectivity index (χ0n) is 11.2. The number of halogens is 3. The number of carbonyl (C=O) groups is 1. The standard InChI is InChI=1S/C16H11Br2ClO3/c17-13-7-11(3-6-15(20)21)8-14(18)16(13)22-9-10-1-4-12(19)5-2-10/h1-8H,9H2,(H,20,21). The summed E-state index contributed by atoms with van der Waals surface area (Å²) in [5, 5.41) is 9.33. The fourth-order valence-corrected chi connectivity index (χ4v) is 3.29. The van der Waals surface area contributed by atoms with Gasteiger partial charge in [-0.2, -0.15) is 0 Å². The fourth-order valence-electron chi connectivity index (χ4n) is 1.72. The van der Waals surface area contributed by atoms with E-state index in [1.165, 1.54) is 6.08 Å². The Kier molecular flexibility index (Phi) is 6.06. The molecule has 1 N–H and O–H groups in total. The maximum atomic E-state index is 10.5. The highest BCUT2D eigenvalue weighted by atomic mass is 79.9. The van der Waals surface area contributed by atoms with Crippen LogP contribution in [0.25, 0.3) is 6.08 Å². The lowest BCUT2D eigenvalue weighted by molar-refractivity contribution is -0.131. The lowest BCUT2D eigenvalue weighted by Gasteiger charge is -2.11. The molecule has 0 radical (unpaired) electrons. The predicted octanol–water partition coefficient (Wildman–Crippen LogP) is 5.54. The van der Waals surface area contributed by atoms with Gasteiger partial charge in [0, 0.05) is 11.1 Å². The molecule has 0 aliphatic carbocycles. The lowest BCUT2D eigenvalue weighted by Crippen LogP contribution is -1.97. The fraction of sp³-hybridized carbons (Fsp3) is 0.0625. The van der Waals surface area contributed by atoms with Gasteiger partial charge in [0.25, 0.3) is 0 Å². The van der Waals surface area contributed by atoms with Crippen molar-refractivity contribution in [2.24, 2.45) is 0 Å². The van der Waals surface area contributed by atoms with Crippen LogP contribution in [0, 0.1) is 0 Å². The third-order valence-corrected chi connectivity index (χ3v) is 4.17. The molecule has 0 aromatic heterocycles. The molecule has 0 heterocycles. The number of aliphatic carboxylic acids is 1. The van der Waals surface area contributed by atoms with E-state index in [4.69, 9.17) is 21.4 Å². The van der Waals surface area contributed by atoms with Crippen LogP contribution in [0.2, 0.25) is 5.02 Å². The van der Waals surface area contributed by atoms with Gasteiger partial charge in [-0.1, -0.05) is 23.7 Å². The molecular formula is C16H11Br2ClO3. The quantitative estimate of drug-likeness (QED) is 0.614. The molecule has 2 rings (SSSR count).